The van der Waals surface area contributed by atoms with Gasteiger partial charge in [0.15, 0.2) is 11.5 Å². The van der Waals surface area contributed by atoms with E-state index in [0.29, 0.717) is 34.4 Å². The van der Waals surface area contributed by atoms with E-state index in [4.69, 9.17) is 35.8 Å². The Labute approximate surface area is 145 Å². The highest BCUT2D eigenvalue weighted by molar-refractivity contribution is 6.32. The standard InChI is InChI=1S/C17H18ClNO5/c1-21-13-3-5-14(6-4-13)23-7-8-24-17-15(18)9-12(11-19-20)10-16(17)22-2/h3-6,9-11,20H,7-8H2,1-2H3. The lowest BCUT2D eigenvalue weighted by molar-refractivity contribution is 0.211. The first-order valence-corrected chi connectivity index (χ1v) is 7.50. The average molecular weight is 352 g/mol. The van der Waals surface area contributed by atoms with E-state index in [1.54, 1.807) is 19.2 Å². The van der Waals surface area contributed by atoms with Gasteiger partial charge in [0, 0.05) is 5.56 Å². The predicted molar refractivity (Wildman–Crippen MR) is 91.4 cm³/mol. The number of benzene rings is 2. The van der Waals surface area contributed by atoms with Crippen molar-refractivity contribution in [3.63, 3.8) is 0 Å². The van der Waals surface area contributed by atoms with Gasteiger partial charge in [-0.05, 0) is 36.4 Å². The lowest BCUT2D eigenvalue weighted by Gasteiger charge is -2.13. The first kappa shape index (κ1) is 17.7. The smallest absolute Gasteiger partial charge is 0.179 e. The first-order chi connectivity index (χ1) is 11.7. The molecule has 0 fully saturated rings. The number of rotatable bonds is 8. The molecular formula is C17H18ClNO5. The number of hydrogen-bond acceptors (Lipinski definition) is 6. The van der Waals surface area contributed by atoms with Crippen molar-refractivity contribution in [3.05, 3.63) is 47.0 Å². The molecule has 0 saturated carbocycles. The van der Waals surface area contributed by atoms with Gasteiger partial charge in [-0.25, -0.2) is 0 Å². The molecule has 2 aromatic rings. The number of ether oxygens (including phenoxy) is 4. The Hall–Kier alpha value is -2.60. The Kier molecular flexibility index (Phi) is 6.57. The predicted octanol–water partition coefficient (Wildman–Crippen LogP) is 3.62. The van der Waals surface area contributed by atoms with Crippen molar-refractivity contribution >= 4 is 17.8 Å². The number of oxime groups is 1. The largest absolute Gasteiger partial charge is 0.497 e. The van der Waals surface area contributed by atoms with Gasteiger partial charge >= 0.3 is 0 Å². The highest BCUT2D eigenvalue weighted by Gasteiger charge is 2.11. The summed E-state index contributed by atoms with van der Waals surface area (Å²) in [6, 6.07) is 10.5. The maximum atomic E-state index is 8.59. The maximum absolute atomic E-state index is 8.59. The van der Waals surface area contributed by atoms with E-state index in [9.17, 15) is 0 Å². The number of hydrogen-bond donors (Lipinski definition) is 1. The molecule has 2 rings (SSSR count). The van der Waals surface area contributed by atoms with E-state index in [0.717, 1.165) is 5.75 Å². The zero-order valence-corrected chi connectivity index (χ0v) is 14.1. The normalized spacial score (nSPS) is 10.6. The summed E-state index contributed by atoms with van der Waals surface area (Å²) in [6.45, 7) is 0.626. The van der Waals surface area contributed by atoms with Crippen LogP contribution >= 0.6 is 11.6 Å². The minimum Gasteiger partial charge on any atom is -0.497 e. The average Bonchev–Trinajstić information content (AvgIpc) is 2.60. The number of nitrogens with zero attached hydrogens (tertiary/aromatic N) is 1. The zero-order chi connectivity index (χ0) is 17.4. The number of methoxy groups -OCH3 is 2. The van der Waals surface area contributed by atoms with E-state index in [1.165, 1.54) is 13.3 Å². The van der Waals surface area contributed by atoms with E-state index >= 15 is 0 Å². The van der Waals surface area contributed by atoms with Gasteiger partial charge in [0.25, 0.3) is 0 Å². The molecule has 0 saturated heterocycles. The molecule has 0 aliphatic heterocycles. The topological polar surface area (TPSA) is 69.5 Å². The van der Waals surface area contributed by atoms with Crippen molar-refractivity contribution < 1.29 is 24.2 Å². The molecule has 1 N–H and O–H groups in total. The molecule has 6 nitrogen and oxygen atoms in total. The second-order valence-corrected chi connectivity index (χ2v) is 5.06. The number of halogens is 1. The third kappa shape index (κ3) is 4.70. The Bertz CT molecular complexity index is 688. The molecule has 0 bridgehead atoms. The third-order valence-electron chi connectivity index (χ3n) is 3.12. The van der Waals surface area contributed by atoms with Crippen molar-refractivity contribution in [1.29, 1.82) is 0 Å². The van der Waals surface area contributed by atoms with Crippen LogP contribution in [0.5, 0.6) is 23.0 Å². The van der Waals surface area contributed by atoms with Crippen LogP contribution in [0.4, 0.5) is 0 Å². The summed E-state index contributed by atoms with van der Waals surface area (Å²) < 4.78 is 21.6. The SMILES string of the molecule is COc1ccc(OCCOc2c(Cl)cc(C=NO)cc2OC)cc1. The molecule has 0 aliphatic carbocycles. The Balaban J connectivity index is 1.93. The van der Waals surface area contributed by atoms with Gasteiger partial charge in [-0.15, -0.1) is 0 Å². The second kappa shape index (κ2) is 8.88. The molecule has 0 amide bonds. The fourth-order valence-electron chi connectivity index (χ4n) is 2.00. The summed E-state index contributed by atoms with van der Waals surface area (Å²) in [5.74, 6) is 2.34. The van der Waals surface area contributed by atoms with Crippen LogP contribution in [0.1, 0.15) is 5.56 Å². The van der Waals surface area contributed by atoms with Crippen LogP contribution in [0.15, 0.2) is 41.6 Å². The molecule has 0 unspecified atom stereocenters. The molecule has 0 spiro atoms. The van der Waals surface area contributed by atoms with Crippen LogP contribution in [-0.4, -0.2) is 38.9 Å². The quantitative estimate of drug-likeness (QED) is 0.340. The van der Waals surface area contributed by atoms with Crippen LogP contribution in [-0.2, 0) is 0 Å². The van der Waals surface area contributed by atoms with Crippen LogP contribution in [0.2, 0.25) is 5.02 Å². The minimum atomic E-state index is 0.287. The van der Waals surface area contributed by atoms with Gasteiger partial charge in [-0.1, -0.05) is 16.8 Å². The summed E-state index contributed by atoms with van der Waals surface area (Å²) in [7, 11) is 3.12. The zero-order valence-electron chi connectivity index (χ0n) is 13.4. The summed E-state index contributed by atoms with van der Waals surface area (Å²) in [6.07, 6.45) is 1.25. The molecule has 24 heavy (non-hydrogen) atoms. The summed E-state index contributed by atoms with van der Waals surface area (Å²) in [4.78, 5) is 0. The maximum Gasteiger partial charge on any atom is 0.179 e. The highest BCUT2D eigenvalue weighted by Crippen LogP contribution is 2.36. The summed E-state index contributed by atoms with van der Waals surface area (Å²) in [5.41, 5.74) is 0.598. The molecule has 2 aromatic carbocycles. The highest BCUT2D eigenvalue weighted by atomic mass is 35.5. The second-order valence-electron chi connectivity index (χ2n) is 4.65. The monoisotopic (exact) mass is 351 g/mol. The lowest BCUT2D eigenvalue weighted by Crippen LogP contribution is -2.10. The van der Waals surface area contributed by atoms with E-state index in [2.05, 4.69) is 5.16 Å². The lowest BCUT2D eigenvalue weighted by atomic mass is 10.2. The van der Waals surface area contributed by atoms with Crippen LogP contribution in [0.25, 0.3) is 0 Å². The Morgan fingerprint density at radius 3 is 2.29 bits per heavy atom. The van der Waals surface area contributed by atoms with Crippen molar-refractivity contribution in [2.24, 2.45) is 5.16 Å². The molecule has 0 atom stereocenters. The molecule has 0 radical (unpaired) electrons. The van der Waals surface area contributed by atoms with Crippen molar-refractivity contribution in [1.82, 2.24) is 0 Å². The third-order valence-corrected chi connectivity index (χ3v) is 3.40. The van der Waals surface area contributed by atoms with Crippen molar-refractivity contribution in [2.45, 2.75) is 0 Å². The Morgan fingerprint density at radius 1 is 1.00 bits per heavy atom. The molecule has 7 heteroatoms. The molecule has 0 aromatic heterocycles. The van der Waals surface area contributed by atoms with Gasteiger partial charge in [0.2, 0.25) is 0 Å². The van der Waals surface area contributed by atoms with Crippen molar-refractivity contribution in [3.8, 4) is 23.0 Å². The van der Waals surface area contributed by atoms with Crippen LogP contribution < -0.4 is 18.9 Å². The van der Waals surface area contributed by atoms with E-state index in [-0.39, 0.29) is 6.61 Å². The fourth-order valence-corrected chi connectivity index (χ4v) is 2.27. The molecule has 128 valence electrons. The summed E-state index contributed by atoms with van der Waals surface area (Å²) >= 11 is 6.18. The molecule has 0 heterocycles. The first-order valence-electron chi connectivity index (χ1n) is 7.12. The van der Waals surface area contributed by atoms with Gasteiger partial charge in [-0.2, -0.15) is 0 Å². The summed E-state index contributed by atoms with van der Waals surface area (Å²) in [5, 5.41) is 11.9. The van der Waals surface area contributed by atoms with Gasteiger partial charge in [-0.3, -0.25) is 0 Å². The van der Waals surface area contributed by atoms with Crippen molar-refractivity contribution in [2.75, 3.05) is 27.4 Å². The van der Waals surface area contributed by atoms with Crippen LogP contribution in [0.3, 0.4) is 0 Å². The molecular weight excluding hydrogens is 334 g/mol. The van der Waals surface area contributed by atoms with Gasteiger partial charge in [0.1, 0.15) is 24.7 Å². The Morgan fingerprint density at radius 2 is 1.67 bits per heavy atom. The fraction of sp³-hybridized carbons (Fsp3) is 0.235. The van der Waals surface area contributed by atoms with E-state index in [1.807, 2.05) is 24.3 Å². The van der Waals surface area contributed by atoms with Gasteiger partial charge in [0.05, 0.1) is 25.5 Å². The van der Waals surface area contributed by atoms with Gasteiger partial charge < -0.3 is 24.2 Å². The van der Waals surface area contributed by atoms with Crippen LogP contribution in [0, 0.1) is 0 Å². The van der Waals surface area contributed by atoms with E-state index < -0.39 is 0 Å². The minimum absolute atomic E-state index is 0.287. The molecule has 0 aliphatic rings.